The Kier molecular flexibility index (Phi) is 3.58. The van der Waals surface area contributed by atoms with E-state index in [0.717, 1.165) is 16.7 Å². The van der Waals surface area contributed by atoms with Crippen LogP contribution in [0.2, 0.25) is 0 Å². The van der Waals surface area contributed by atoms with Gasteiger partial charge < -0.3 is 5.11 Å². The number of aryl methyl sites for hydroxylation is 1. The molecule has 0 spiro atoms. The van der Waals surface area contributed by atoms with Crippen molar-refractivity contribution in [2.45, 2.75) is 33.1 Å². The number of hydrogen-bond donors (Lipinski definition) is 1. The predicted molar refractivity (Wildman–Crippen MR) is 70.8 cm³/mol. The van der Waals surface area contributed by atoms with E-state index >= 15 is 0 Å². The summed E-state index contributed by atoms with van der Waals surface area (Å²) in [5.74, 6) is 0.376. The molecule has 1 nitrogen and oxygen atoms in total. The summed E-state index contributed by atoms with van der Waals surface area (Å²) < 4.78 is 0. The first-order chi connectivity index (χ1) is 7.36. The highest BCUT2D eigenvalue weighted by Crippen LogP contribution is 2.33. The molecule has 0 atom stereocenters. The highest BCUT2D eigenvalue weighted by atomic mass is 16.3. The second-order valence-electron chi connectivity index (χ2n) is 5.07. The Hall–Kier alpha value is -1.50. The fraction of sp³-hybridized carbons (Fsp3) is 0.333. The first-order valence-electron chi connectivity index (χ1n) is 5.49. The lowest BCUT2D eigenvalue weighted by Gasteiger charge is -2.21. The number of allylic oxidation sites excluding steroid dienone is 2. The van der Waals surface area contributed by atoms with E-state index in [2.05, 4.69) is 27.4 Å². The third kappa shape index (κ3) is 2.75. The van der Waals surface area contributed by atoms with Crippen molar-refractivity contribution in [3.63, 3.8) is 0 Å². The lowest BCUT2D eigenvalue weighted by atomic mass is 9.84. The standard InChI is InChI=1S/C15H20O/c1-6-7-8-12-10-13(15(3,4)5)14(16)9-11(12)2/h6-10,16H,1H2,2-5H3. The molecular formula is C15H20O. The van der Waals surface area contributed by atoms with Crippen LogP contribution in [0.3, 0.4) is 0 Å². The molecule has 0 radical (unpaired) electrons. The second-order valence-corrected chi connectivity index (χ2v) is 5.07. The molecule has 0 unspecified atom stereocenters. The number of aromatic hydroxyl groups is 1. The van der Waals surface area contributed by atoms with Crippen molar-refractivity contribution in [3.8, 4) is 5.75 Å². The number of phenolic OH excluding ortho intramolecular Hbond substituents is 1. The molecule has 0 aliphatic heterocycles. The number of phenols is 1. The lowest BCUT2D eigenvalue weighted by Crippen LogP contribution is -2.11. The maximum Gasteiger partial charge on any atom is 0.119 e. The van der Waals surface area contributed by atoms with Crippen LogP contribution in [-0.4, -0.2) is 5.11 Å². The Balaban J connectivity index is 3.32. The van der Waals surface area contributed by atoms with Crippen LogP contribution >= 0.6 is 0 Å². The zero-order chi connectivity index (χ0) is 12.3. The van der Waals surface area contributed by atoms with Gasteiger partial charge in [-0.15, -0.1) is 0 Å². The van der Waals surface area contributed by atoms with Gasteiger partial charge in [0.05, 0.1) is 0 Å². The van der Waals surface area contributed by atoms with Gasteiger partial charge in [-0.2, -0.15) is 0 Å². The van der Waals surface area contributed by atoms with Gasteiger partial charge in [0.2, 0.25) is 0 Å². The third-order valence-corrected chi connectivity index (χ3v) is 2.60. The van der Waals surface area contributed by atoms with Gasteiger partial charge in [0.1, 0.15) is 5.75 Å². The van der Waals surface area contributed by atoms with E-state index < -0.39 is 0 Å². The smallest absolute Gasteiger partial charge is 0.119 e. The monoisotopic (exact) mass is 216 g/mol. The summed E-state index contributed by atoms with van der Waals surface area (Å²) in [6, 6.07) is 3.87. The van der Waals surface area contributed by atoms with Crippen LogP contribution in [0.25, 0.3) is 6.08 Å². The molecule has 0 amide bonds. The highest BCUT2D eigenvalue weighted by molar-refractivity contribution is 5.59. The Labute approximate surface area is 98.1 Å². The maximum absolute atomic E-state index is 9.93. The van der Waals surface area contributed by atoms with Crippen molar-refractivity contribution in [1.82, 2.24) is 0 Å². The molecule has 86 valence electrons. The molecule has 1 aromatic carbocycles. The Bertz CT molecular complexity index is 420. The van der Waals surface area contributed by atoms with E-state index in [-0.39, 0.29) is 5.41 Å². The molecule has 1 rings (SSSR count). The van der Waals surface area contributed by atoms with E-state index in [4.69, 9.17) is 0 Å². The van der Waals surface area contributed by atoms with E-state index in [1.807, 2.05) is 31.2 Å². The van der Waals surface area contributed by atoms with E-state index in [0.29, 0.717) is 5.75 Å². The number of hydrogen-bond acceptors (Lipinski definition) is 1. The van der Waals surface area contributed by atoms with Gasteiger partial charge in [-0.1, -0.05) is 45.6 Å². The summed E-state index contributed by atoms with van der Waals surface area (Å²) >= 11 is 0. The van der Waals surface area contributed by atoms with Crippen molar-refractivity contribution in [1.29, 1.82) is 0 Å². The Morgan fingerprint density at radius 2 is 1.88 bits per heavy atom. The molecule has 0 aliphatic rings. The molecule has 0 fully saturated rings. The third-order valence-electron chi connectivity index (χ3n) is 2.60. The fourth-order valence-electron chi connectivity index (χ4n) is 1.66. The lowest BCUT2D eigenvalue weighted by molar-refractivity contribution is 0.446. The van der Waals surface area contributed by atoms with Gasteiger partial charge in [-0.25, -0.2) is 0 Å². The van der Waals surface area contributed by atoms with Crippen LogP contribution < -0.4 is 0 Å². The Morgan fingerprint density at radius 1 is 1.25 bits per heavy atom. The van der Waals surface area contributed by atoms with Gasteiger partial charge in [-0.3, -0.25) is 0 Å². The van der Waals surface area contributed by atoms with Crippen LogP contribution in [0.4, 0.5) is 0 Å². The van der Waals surface area contributed by atoms with Gasteiger partial charge >= 0.3 is 0 Å². The predicted octanol–water partition coefficient (Wildman–Crippen LogP) is 4.20. The van der Waals surface area contributed by atoms with Crippen molar-refractivity contribution in [2.24, 2.45) is 0 Å². The summed E-state index contributed by atoms with van der Waals surface area (Å²) in [6.07, 6.45) is 5.67. The maximum atomic E-state index is 9.93. The van der Waals surface area contributed by atoms with Crippen LogP contribution in [-0.2, 0) is 5.41 Å². The number of benzene rings is 1. The fourth-order valence-corrected chi connectivity index (χ4v) is 1.66. The SMILES string of the molecule is C=CC=Cc1cc(C(C)(C)C)c(O)cc1C. The molecule has 0 heterocycles. The molecule has 16 heavy (non-hydrogen) atoms. The number of rotatable bonds is 2. The van der Waals surface area contributed by atoms with Gasteiger partial charge in [-0.05, 0) is 41.2 Å². The molecule has 0 saturated heterocycles. The molecule has 1 heteroatoms. The summed E-state index contributed by atoms with van der Waals surface area (Å²) in [6.45, 7) is 11.9. The topological polar surface area (TPSA) is 20.2 Å². The molecule has 1 aromatic rings. The summed E-state index contributed by atoms with van der Waals surface area (Å²) in [4.78, 5) is 0. The van der Waals surface area contributed by atoms with E-state index in [1.165, 1.54) is 0 Å². The van der Waals surface area contributed by atoms with Crippen LogP contribution in [0.5, 0.6) is 5.75 Å². The first-order valence-corrected chi connectivity index (χ1v) is 5.49. The molecule has 0 aliphatic carbocycles. The zero-order valence-electron chi connectivity index (χ0n) is 10.5. The zero-order valence-corrected chi connectivity index (χ0v) is 10.5. The first kappa shape index (κ1) is 12.6. The summed E-state index contributed by atoms with van der Waals surface area (Å²) in [5, 5.41) is 9.93. The molecule has 1 N–H and O–H groups in total. The molecule has 0 saturated carbocycles. The second kappa shape index (κ2) is 4.56. The summed E-state index contributed by atoms with van der Waals surface area (Å²) in [5.41, 5.74) is 3.13. The van der Waals surface area contributed by atoms with Crippen LogP contribution in [0, 0.1) is 6.92 Å². The largest absolute Gasteiger partial charge is 0.508 e. The average Bonchev–Trinajstić information content (AvgIpc) is 2.14. The van der Waals surface area contributed by atoms with Crippen molar-refractivity contribution >= 4 is 6.08 Å². The van der Waals surface area contributed by atoms with Crippen molar-refractivity contribution < 1.29 is 5.11 Å². The van der Waals surface area contributed by atoms with E-state index in [1.54, 1.807) is 6.08 Å². The van der Waals surface area contributed by atoms with Gasteiger partial charge in [0, 0.05) is 0 Å². The summed E-state index contributed by atoms with van der Waals surface area (Å²) in [7, 11) is 0. The van der Waals surface area contributed by atoms with Crippen molar-refractivity contribution in [3.05, 3.63) is 47.6 Å². The molecule has 0 aromatic heterocycles. The average molecular weight is 216 g/mol. The molecule has 0 bridgehead atoms. The van der Waals surface area contributed by atoms with Gasteiger partial charge in [0.25, 0.3) is 0 Å². The normalized spacial score (nSPS) is 12.0. The highest BCUT2D eigenvalue weighted by Gasteiger charge is 2.18. The minimum absolute atomic E-state index is 0.0471. The van der Waals surface area contributed by atoms with Crippen molar-refractivity contribution in [2.75, 3.05) is 0 Å². The van der Waals surface area contributed by atoms with Gasteiger partial charge in [0.15, 0.2) is 0 Å². The van der Waals surface area contributed by atoms with Crippen LogP contribution in [0.1, 0.15) is 37.5 Å². The minimum atomic E-state index is -0.0471. The minimum Gasteiger partial charge on any atom is -0.508 e. The molecular weight excluding hydrogens is 196 g/mol. The Morgan fingerprint density at radius 3 is 2.38 bits per heavy atom. The quantitative estimate of drug-likeness (QED) is 0.735. The van der Waals surface area contributed by atoms with E-state index in [9.17, 15) is 5.11 Å². The van der Waals surface area contributed by atoms with Crippen LogP contribution in [0.15, 0.2) is 30.9 Å².